The summed E-state index contributed by atoms with van der Waals surface area (Å²) in [7, 11) is -3.81. The number of carbonyl (C=O) groups is 1. The third-order valence-corrected chi connectivity index (χ3v) is 6.77. The minimum absolute atomic E-state index is 0.102. The molecule has 6 nitrogen and oxygen atoms in total. The van der Waals surface area contributed by atoms with Gasteiger partial charge >= 0.3 is 0 Å². The average molecular weight is 474 g/mol. The van der Waals surface area contributed by atoms with Crippen LogP contribution in [0.5, 0.6) is 0 Å². The highest BCUT2D eigenvalue weighted by Crippen LogP contribution is 2.20. The van der Waals surface area contributed by atoms with E-state index >= 15 is 0 Å². The van der Waals surface area contributed by atoms with Gasteiger partial charge in [-0.3, -0.25) is 4.79 Å². The molecule has 10 heteroatoms. The molecule has 0 unspecified atom stereocenters. The van der Waals surface area contributed by atoms with Crippen LogP contribution in [0.3, 0.4) is 0 Å². The third-order valence-electron chi connectivity index (χ3n) is 4.39. The molecule has 1 N–H and O–H groups in total. The Bertz CT molecular complexity index is 980. The second kappa shape index (κ2) is 8.54. The van der Waals surface area contributed by atoms with Gasteiger partial charge in [0, 0.05) is 30.7 Å². The van der Waals surface area contributed by atoms with E-state index in [1.807, 2.05) is 0 Å². The maximum atomic E-state index is 13.8. The molecule has 0 atom stereocenters. The van der Waals surface area contributed by atoms with Crippen molar-refractivity contribution in [1.82, 2.24) is 9.21 Å². The zero-order chi connectivity index (χ0) is 20.3. The molecule has 28 heavy (non-hydrogen) atoms. The molecule has 2 aromatic carbocycles. The summed E-state index contributed by atoms with van der Waals surface area (Å²) in [6, 6.07) is 9.31. The molecular weight excluding hydrogens is 456 g/mol. The SMILES string of the molecule is O=C(CNc1ccc(Br)cc1F)N1CCN(S(=O)(=O)c2cccc(F)c2)CC1. The highest BCUT2D eigenvalue weighted by Gasteiger charge is 2.30. The zero-order valence-electron chi connectivity index (χ0n) is 14.7. The van der Waals surface area contributed by atoms with Crippen LogP contribution in [-0.4, -0.2) is 56.3 Å². The summed E-state index contributed by atoms with van der Waals surface area (Å²) in [5, 5.41) is 2.75. The van der Waals surface area contributed by atoms with E-state index in [1.54, 1.807) is 6.07 Å². The lowest BCUT2D eigenvalue weighted by atomic mass is 10.3. The van der Waals surface area contributed by atoms with E-state index < -0.39 is 21.7 Å². The summed E-state index contributed by atoms with van der Waals surface area (Å²) in [5.74, 6) is -1.36. The molecule has 0 spiro atoms. The van der Waals surface area contributed by atoms with Crippen LogP contribution in [0, 0.1) is 11.6 Å². The molecule has 1 heterocycles. The van der Waals surface area contributed by atoms with Crippen molar-refractivity contribution in [2.45, 2.75) is 4.90 Å². The first kappa shape index (κ1) is 20.7. The van der Waals surface area contributed by atoms with Crippen LogP contribution in [-0.2, 0) is 14.8 Å². The van der Waals surface area contributed by atoms with Crippen molar-refractivity contribution in [3.05, 3.63) is 58.6 Å². The quantitative estimate of drug-likeness (QED) is 0.724. The molecule has 0 bridgehead atoms. The molecule has 1 fully saturated rings. The Morgan fingerprint density at radius 3 is 2.43 bits per heavy atom. The van der Waals surface area contributed by atoms with Gasteiger partial charge in [0.2, 0.25) is 15.9 Å². The minimum Gasteiger partial charge on any atom is -0.374 e. The molecular formula is C18H18BrF2N3O3S. The Morgan fingerprint density at radius 1 is 1.07 bits per heavy atom. The van der Waals surface area contributed by atoms with E-state index in [2.05, 4.69) is 21.2 Å². The van der Waals surface area contributed by atoms with Crippen molar-refractivity contribution in [3.8, 4) is 0 Å². The van der Waals surface area contributed by atoms with Crippen molar-refractivity contribution < 1.29 is 22.0 Å². The molecule has 0 aromatic heterocycles. The Kier molecular flexibility index (Phi) is 6.31. The molecule has 1 aliphatic rings. The van der Waals surface area contributed by atoms with Gasteiger partial charge in [-0.25, -0.2) is 17.2 Å². The van der Waals surface area contributed by atoms with Gasteiger partial charge in [-0.2, -0.15) is 4.31 Å². The van der Waals surface area contributed by atoms with Gasteiger partial charge in [0.1, 0.15) is 11.6 Å². The maximum Gasteiger partial charge on any atom is 0.243 e. The van der Waals surface area contributed by atoms with E-state index in [-0.39, 0.29) is 49.2 Å². The lowest BCUT2D eigenvalue weighted by Crippen LogP contribution is -2.51. The van der Waals surface area contributed by atoms with Crippen LogP contribution in [0.4, 0.5) is 14.5 Å². The highest BCUT2D eigenvalue weighted by atomic mass is 79.9. The van der Waals surface area contributed by atoms with Gasteiger partial charge in [0.05, 0.1) is 17.1 Å². The molecule has 0 aliphatic carbocycles. The number of anilines is 1. The standard InChI is InChI=1S/C18H18BrF2N3O3S/c19-13-4-5-17(16(21)10-13)22-12-18(25)23-6-8-24(9-7-23)28(26,27)15-3-1-2-14(20)11-15/h1-5,10-11,22H,6-9,12H2. The van der Waals surface area contributed by atoms with Crippen LogP contribution in [0.1, 0.15) is 0 Å². The van der Waals surface area contributed by atoms with Crippen LogP contribution in [0.2, 0.25) is 0 Å². The number of nitrogens with one attached hydrogen (secondary N) is 1. The molecule has 2 aromatic rings. The second-order valence-corrected chi connectivity index (χ2v) is 9.07. The Morgan fingerprint density at radius 2 is 1.79 bits per heavy atom. The van der Waals surface area contributed by atoms with Gasteiger partial charge in [0.25, 0.3) is 0 Å². The smallest absolute Gasteiger partial charge is 0.243 e. The van der Waals surface area contributed by atoms with E-state index in [4.69, 9.17) is 0 Å². The van der Waals surface area contributed by atoms with E-state index in [1.165, 1.54) is 39.5 Å². The fourth-order valence-corrected chi connectivity index (χ4v) is 4.66. The monoisotopic (exact) mass is 473 g/mol. The molecule has 1 aliphatic heterocycles. The Balaban J connectivity index is 1.56. The fraction of sp³-hybridized carbons (Fsp3) is 0.278. The number of hydrogen-bond acceptors (Lipinski definition) is 4. The van der Waals surface area contributed by atoms with Crippen molar-refractivity contribution in [1.29, 1.82) is 0 Å². The van der Waals surface area contributed by atoms with E-state index in [0.717, 1.165) is 6.07 Å². The van der Waals surface area contributed by atoms with Gasteiger partial charge in [0.15, 0.2) is 0 Å². The predicted molar refractivity (Wildman–Crippen MR) is 104 cm³/mol. The molecule has 1 saturated heterocycles. The number of piperazine rings is 1. The number of hydrogen-bond donors (Lipinski definition) is 1. The largest absolute Gasteiger partial charge is 0.374 e. The fourth-order valence-electron chi connectivity index (χ4n) is 2.87. The van der Waals surface area contributed by atoms with Crippen LogP contribution in [0.25, 0.3) is 0 Å². The number of rotatable bonds is 5. The van der Waals surface area contributed by atoms with Crippen molar-refractivity contribution in [2.24, 2.45) is 0 Å². The van der Waals surface area contributed by atoms with Crippen molar-refractivity contribution in [2.75, 3.05) is 38.0 Å². The van der Waals surface area contributed by atoms with E-state index in [9.17, 15) is 22.0 Å². The molecule has 150 valence electrons. The molecule has 0 radical (unpaired) electrons. The maximum absolute atomic E-state index is 13.8. The number of carbonyl (C=O) groups excluding carboxylic acids is 1. The number of sulfonamides is 1. The topological polar surface area (TPSA) is 69.7 Å². The second-order valence-electron chi connectivity index (χ2n) is 6.22. The van der Waals surface area contributed by atoms with Gasteiger partial charge < -0.3 is 10.2 Å². The number of amides is 1. The summed E-state index contributed by atoms with van der Waals surface area (Å²) >= 11 is 3.16. The first-order valence-electron chi connectivity index (χ1n) is 8.50. The Hall–Kier alpha value is -2.04. The normalized spacial score (nSPS) is 15.5. The molecule has 1 amide bonds. The molecule has 3 rings (SSSR count). The average Bonchev–Trinajstić information content (AvgIpc) is 2.67. The Labute approximate surface area is 170 Å². The highest BCUT2D eigenvalue weighted by molar-refractivity contribution is 9.10. The van der Waals surface area contributed by atoms with Gasteiger partial charge in [-0.15, -0.1) is 0 Å². The number of nitrogens with zero attached hydrogens (tertiary/aromatic N) is 2. The summed E-state index contributed by atoms with van der Waals surface area (Å²) < 4.78 is 54.1. The lowest BCUT2D eigenvalue weighted by molar-refractivity contribution is -0.130. The minimum atomic E-state index is -3.81. The molecule has 0 saturated carbocycles. The number of benzene rings is 2. The van der Waals surface area contributed by atoms with E-state index in [0.29, 0.717) is 4.47 Å². The van der Waals surface area contributed by atoms with Crippen LogP contribution >= 0.6 is 15.9 Å². The summed E-state index contributed by atoms with van der Waals surface area (Å²) in [6.45, 7) is 0.527. The summed E-state index contributed by atoms with van der Waals surface area (Å²) in [4.78, 5) is 13.7. The van der Waals surface area contributed by atoms with Gasteiger partial charge in [-0.1, -0.05) is 22.0 Å². The van der Waals surface area contributed by atoms with Crippen molar-refractivity contribution in [3.63, 3.8) is 0 Å². The van der Waals surface area contributed by atoms with Crippen LogP contribution < -0.4 is 5.32 Å². The zero-order valence-corrected chi connectivity index (χ0v) is 17.1. The van der Waals surface area contributed by atoms with Gasteiger partial charge in [-0.05, 0) is 36.4 Å². The number of halogens is 3. The predicted octanol–water partition coefficient (Wildman–Crippen LogP) is 2.67. The van der Waals surface area contributed by atoms with Crippen LogP contribution in [0.15, 0.2) is 51.8 Å². The first-order chi connectivity index (χ1) is 13.3. The summed E-state index contributed by atoms with van der Waals surface area (Å²) in [6.07, 6.45) is 0. The summed E-state index contributed by atoms with van der Waals surface area (Å²) in [5.41, 5.74) is 0.212. The lowest BCUT2D eigenvalue weighted by Gasteiger charge is -2.34. The first-order valence-corrected chi connectivity index (χ1v) is 10.7. The van der Waals surface area contributed by atoms with Crippen molar-refractivity contribution >= 4 is 37.5 Å². The third kappa shape index (κ3) is 4.68.